The quantitative estimate of drug-likeness (QED) is 0.306. The molecule has 0 aliphatic heterocycles. The van der Waals surface area contributed by atoms with Crippen molar-refractivity contribution in [3.05, 3.63) is 33.9 Å². The van der Waals surface area contributed by atoms with Gasteiger partial charge >= 0.3 is 0 Å². The maximum absolute atomic E-state index is 10.8. The summed E-state index contributed by atoms with van der Waals surface area (Å²) in [5.41, 5.74) is 6.81. The predicted octanol–water partition coefficient (Wildman–Crippen LogP) is 1.66. The topological polar surface area (TPSA) is 90.9 Å². The molecule has 0 saturated carbocycles. The van der Waals surface area contributed by atoms with E-state index in [1.165, 1.54) is 6.07 Å². The van der Waals surface area contributed by atoms with Gasteiger partial charge < -0.3 is 15.2 Å². The number of nitro groups is 1. The highest BCUT2D eigenvalue weighted by atomic mass is 16.6. The number of hydrogen-bond donors (Lipinski definition) is 1. The maximum Gasteiger partial charge on any atom is 0.292 e. The molecule has 2 N–H and O–H groups in total. The van der Waals surface area contributed by atoms with E-state index in [4.69, 9.17) is 15.2 Å². The molecule has 21 heavy (non-hydrogen) atoms. The zero-order chi connectivity index (χ0) is 15.7. The fourth-order valence-electron chi connectivity index (χ4n) is 2.05. The second-order valence-corrected chi connectivity index (χ2v) is 4.77. The van der Waals surface area contributed by atoms with Crippen LogP contribution in [0, 0.1) is 10.1 Å². The SMILES string of the molecule is COCCCN(CCOC)Cc1ccc([N+](=O)[O-])c(N)c1. The molecule has 1 aromatic rings. The zero-order valence-corrected chi connectivity index (χ0v) is 12.6. The van der Waals surface area contributed by atoms with E-state index in [-0.39, 0.29) is 11.4 Å². The Hall–Kier alpha value is -1.70. The van der Waals surface area contributed by atoms with Crippen LogP contribution in [0.5, 0.6) is 0 Å². The first-order valence-corrected chi connectivity index (χ1v) is 6.81. The second kappa shape index (κ2) is 9.28. The zero-order valence-electron chi connectivity index (χ0n) is 12.6. The minimum absolute atomic E-state index is 0.0541. The van der Waals surface area contributed by atoms with Gasteiger partial charge in [0.05, 0.1) is 11.5 Å². The molecular formula is C14H23N3O4. The Labute approximate surface area is 124 Å². The third-order valence-electron chi connectivity index (χ3n) is 3.13. The number of benzene rings is 1. The standard InChI is InChI=1S/C14H23N3O4/c1-20-8-3-6-16(7-9-21-2)11-12-4-5-14(17(18)19)13(15)10-12/h4-5,10H,3,6-9,11,15H2,1-2H3. The minimum Gasteiger partial charge on any atom is -0.393 e. The van der Waals surface area contributed by atoms with E-state index in [2.05, 4.69) is 4.90 Å². The lowest BCUT2D eigenvalue weighted by Gasteiger charge is -2.22. The molecule has 0 spiro atoms. The number of nitrogens with zero attached hydrogens (tertiary/aromatic N) is 2. The first kappa shape index (κ1) is 17.4. The predicted molar refractivity (Wildman–Crippen MR) is 81.2 cm³/mol. The first-order valence-electron chi connectivity index (χ1n) is 6.81. The summed E-state index contributed by atoms with van der Waals surface area (Å²) in [6.07, 6.45) is 0.919. The highest BCUT2D eigenvalue weighted by molar-refractivity contribution is 5.59. The van der Waals surface area contributed by atoms with E-state index in [0.29, 0.717) is 19.8 Å². The van der Waals surface area contributed by atoms with E-state index in [1.807, 2.05) is 0 Å². The minimum atomic E-state index is -0.472. The van der Waals surface area contributed by atoms with Crippen LogP contribution in [0.25, 0.3) is 0 Å². The van der Waals surface area contributed by atoms with E-state index >= 15 is 0 Å². The highest BCUT2D eigenvalue weighted by Gasteiger charge is 2.13. The Bertz CT molecular complexity index is 454. The van der Waals surface area contributed by atoms with Crippen molar-refractivity contribution >= 4 is 11.4 Å². The van der Waals surface area contributed by atoms with Crippen LogP contribution in [0.1, 0.15) is 12.0 Å². The molecule has 0 atom stereocenters. The Morgan fingerprint density at radius 1 is 1.24 bits per heavy atom. The molecule has 7 nitrogen and oxygen atoms in total. The van der Waals surface area contributed by atoms with Crippen LogP contribution in [0.4, 0.5) is 11.4 Å². The number of nitro benzene ring substituents is 1. The molecular weight excluding hydrogens is 274 g/mol. The number of hydrogen-bond acceptors (Lipinski definition) is 6. The van der Waals surface area contributed by atoms with Crippen molar-refractivity contribution in [3.8, 4) is 0 Å². The average Bonchev–Trinajstić information content (AvgIpc) is 2.44. The molecule has 0 aliphatic carbocycles. The molecule has 1 rings (SSSR count). The lowest BCUT2D eigenvalue weighted by molar-refractivity contribution is -0.383. The number of methoxy groups -OCH3 is 2. The summed E-state index contributed by atoms with van der Waals surface area (Å²) in [5, 5.41) is 10.8. The number of ether oxygens (including phenoxy) is 2. The Kier molecular flexibility index (Phi) is 7.66. The number of nitrogens with two attached hydrogens (primary N) is 1. The molecule has 0 aliphatic rings. The van der Waals surface area contributed by atoms with Gasteiger partial charge in [-0.25, -0.2) is 0 Å². The van der Waals surface area contributed by atoms with Crippen molar-refractivity contribution in [2.24, 2.45) is 0 Å². The lowest BCUT2D eigenvalue weighted by Crippen LogP contribution is -2.28. The van der Waals surface area contributed by atoms with Crippen LogP contribution in [0.3, 0.4) is 0 Å². The van der Waals surface area contributed by atoms with E-state index in [9.17, 15) is 10.1 Å². The van der Waals surface area contributed by atoms with Crippen LogP contribution in [-0.2, 0) is 16.0 Å². The highest BCUT2D eigenvalue weighted by Crippen LogP contribution is 2.22. The fraction of sp³-hybridized carbons (Fsp3) is 0.571. The van der Waals surface area contributed by atoms with Gasteiger partial charge in [0.15, 0.2) is 0 Å². The monoisotopic (exact) mass is 297 g/mol. The molecule has 0 radical (unpaired) electrons. The molecule has 118 valence electrons. The maximum atomic E-state index is 10.8. The van der Waals surface area contributed by atoms with Gasteiger partial charge in [0.1, 0.15) is 5.69 Å². The average molecular weight is 297 g/mol. The van der Waals surface area contributed by atoms with Gasteiger partial charge in [-0.3, -0.25) is 15.0 Å². The van der Waals surface area contributed by atoms with Gasteiger partial charge in [0, 0.05) is 46.5 Å². The summed E-state index contributed by atoms with van der Waals surface area (Å²) in [6, 6.07) is 4.85. The molecule has 0 aromatic heterocycles. The van der Waals surface area contributed by atoms with Crippen molar-refractivity contribution in [2.75, 3.05) is 46.3 Å². The van der Waals surface area contributed by atoms with Gasteiger partial charge in [-0.1, -0.05) is 6.07 Å². The molecule has 0 amide bonds. The molecule has 1 aromatic carbocycles. The third-order valence-corrected chi connectivity index (χ3v) is 3.13. The van der Waals surface area contributed by atoms with Crippen molar-refractivity contribution in [1.29, 1.82) is 0 Å². The van der Waals surface area contributed by atoms with Crippen LogP contribution in [0.2, 0.25) is 0 Å². The summed E-state index contributed by atoms with van der Waals surface area (Å²) in [4.78, 5) is 12.5. The van der Waals surface area contributed by atoms with Crippen LogP contribution in [0.15, 0.2) is 18.2 Å². The summed E-state index contributed by atoms with van der Waals surface area (Å²) < 4.78 is 10.2. The fourth-order valence-corrected chi connectivity index (χ4v) is 2.05. The molecule has 0 heterocycles. The van der Waals surface area contributed by atoms with Crippen molar-refractivity contribution in [1.82, 2.24) is 4.90 Å². The van der Waals surface area contributed by atoms with Gasteiger partial charge in [-0.05, 0) is 18.1 Å². The summed E-state index contributed by atoms with van der Waals surface area (Å²) in [7, 11) is 3.34. The molecule has 0 saturated heterocycles. The Morgan fingerprint density at radius 2 is 1.95 bits per heavy atom. The van der Waals surface area contributed by atoms with Crippen molar-refractivity contribution < 1.29 is 14.4 Å². The Balaban J connectivity index is 2.68. The van der Waals surface area contributed by atoms with Gasteiger partial charge in [-0.15, -0.1) is 0 Å². The molecule has 7 heteroatoms. The summed E-state index contributed by atoms with van der Waals surface area (Å²) in [6.45, 7) is 3.67. The number of rotatable bonds is 10. The first-order chi connectivity index (χ1) is 10.1. The van der Waals surface area contributed by atoms with Crippen molar-refractivity contribution in [2.45, 2.75) is 13.0 Å². The molecule has 0 bridgehead atoms. The van der Waals surface area contributed by atoms with Gasteiger partial charge in [0.2, 0.25) is 0 Å². The Morgan fingerprint density at radius 3 is 2.52 bits per heavy atom. The number of nitrogen functional groups attached to an aromatic ring is 1. The lowest BCUT2D eigenvalue weighted by atomic mass is 10.1. The second-order valence-electron chi connectivity index (χ2n) is 4.77. The van der Waals surface area contributed by atoms with Crippen molar-refractivity contribution in [3.63, 3.8) is 0 Å². The molecule has 0 unspecified atom stereocenters. The smallest absolute Gasteiger partial charge is 0.292 e. The van der Waals surface area contributed by atoms with E-state index in [1.54, 1.807) is 26.4 Å². The van der Waals surface area contributed by atoms with E-state index < -0.39 is 4.92 Å². The molecule has 0 fully saturated rings. The summed E-state index contributed by atoms with van der Waals surface area (Å²) in [5.74, 6) is 0. The normalized spacial score (nSPS) is 11.0. The van der Waals surface area contributed by atoms with Crippen LogP contribution >= 0.6 is 0 Å². The van der Waals surface area contributed by atoms with Crippen LogP contribution < -0.4 is 5.73 Å². The largest absolute Gasteiger partial charge is 0.393 e. The van der Waals surface area contributed by atoms with Gasteiger partial charge in [0.25, 0.3) is 5.69 Å². The van der Waals surface area contributed by atoms with E-state index in [0.717, 1.165) is 25.1 Å². The van der Waals surface area contributed by atoms with Gasteiger partial charge in [-0.2, -0.15) is 0 Å². The summed E-state index contributed by atoms with van der Waals surface area (Å²) >= 11 is 0. The number of anilines is 1. The van der Waals surface area contributed by atoms with Crippen LogP contribution in [-0.4, -0.2) is 50.3 Å². The third kappa shape index (κ3) is 6.07.